The molecule has 0 spiro atoms. The third-order valence-corrected chi connectivity index (χ3v) is 9.36. The number of thiazole rings is 2. The second-order valence-electron chi connectivity index (χ2n) is 10.0. The highest BCUT2D eigenvalue weighted by atomic mass is 35.5. The third kappa shape index (κ3) is 6.62. The van der Waals surface area contributed by atoms with E-state index in [2.05, 4.69) is 30.4 Å². The van der Waals surface area contributed by atoms with Gasteiger partial charge in [0.25, 0.3) is 5.56 Å². The summed E-state index contributed by atoms with van der Waals surface area (Å²) in [7, 11) is 0. The van der Waals surface area contributed by atoms with E-state index in [0.29, 0.717) is 20.8 Å². The zero-order valence-corrected chi connectivity index (χ0v) is 28.6. The molecule has 1 N–H and O–H groups in total. The molecule has 0 amide bonds. The Hall–Kier alpha value is -3.47. The van der Waals surface area contributed by atoms with E-state index >= 15 is 0 Å². The van der Waals surface area contributed by atoms with Crippen molar-refractivity contribution in [2.75, 3.05) is 0 Å². The van der Waals surface area contributed by atoms with Crippen LogP contribution in [0.5, 0.6) is 0 Å². The molecule has 0 bridgehead atoms. The van der Waals surface area contributed by atoms with Crippen LogP contribution in [0.2, 0.25) is 15.2 Å². The Labute approximate surface area is 278 Å². The van der Waals surface area contributed by atoms with Crippen molar-refractivity contribution in [2.45, 2.75) is 41.5 Å². The second kappa shape index (κ2) is 13.3. The highest BCUT2D eigenvalue weighted by molar-refractivity contribution is 7.12. The number of hydrogen-bond donors (Lipinski definition) is 1. The van der Waals surface area contributed by atoms with Crippen molar-refractivity contribution in [1.82, 2.24) is 30.4 Å². The largest absolute Gasteiger partial charge is 0.274 e. The van der Waals surface area contributed by atoms with Gasteiger partial charge in [0.15, 0.2) is 5.15 Å². The Morgan fingerprint density at radius 2 is 1.05 bits per heavy atom. The Morgan fingerprint density at radius 3 is 1.50 bits per heavy atom. The average Bonchev–Trinajstić information content (AvgIpc) is 3.50. The number of benzene rings is 2. The van der Waals surface area contributed by atoms with Gasteiger partial charge in [0.05, 0.1) is 43.9 Å². The predicted molar refractivity (Wildman–Crippen MR) is 183 cm³/mol. The minimum Gasteiger partial charge on any atom is -0.267 e. The number of aromatic amines is 1. The Morgan fingerprint density at radius 1 is 0.591 bits per heavy atom. The van der Waals surface area contributed by atoms with Gasteiger partial charge in [-0.25, -0.2) is 15.1 Å². The quantitative estimate of drug-likeness (QED) is 0.199. The SMILES string of the molecule is Cc1nc(-c2c(-c3ccc(Cl)cc3)c(C)n[nH]c2=O)c(C)s1.Cc1nc(-c2c(Cl)nnc(C)c2-c2ccc(Cl)cc2)c(C)s1. The summed E-state index contributed by atoms with van der Waals surface area (Å²) >= 11 is 21.5. The molecule has 0 aliphatic carbocycles. The molecule has 0 radical (unpaired) electrons. The lowest BCUT2D eigenvalue weighted by molar-refractivity contribution is 0.949. The first-order valence-corrected chi connectivity index (χ1v) is 16.2. The number of nitrogens with zero attached hydrogens (tertiary/aromatic N) is 5. The number of halogens is 3. The molecule has 7 nitrogen and oxygen atoms in total. The van der Waals surface area contributed by atoms with Crippen LogP contribution >= 0.6 is 57.5 Å². The van der Waals surface area contributed by atoms with Crippen LogP contribution in [0.15, 0.2) is 53.3 Å². The minimum absolute atomic E-state index is 0.232. The summed E-state index contributed by atoms with van der Waals surface area (Å²) in [5, 5.41) is 18.5. The van der Waals surface area contributed by atoms with Crippen molar-refractivity contribution in [1.29, 1.82) is 0 Å². The lowest BCUT2D eigenvalue weighted by atomic mass is 9.97. The molecule has 6 aromatic rings. The molecule has 6 rings (SSSR count). The summed E-state index contributed by atoms with van der Waals surface area (Å²) in [6.07, 6.45) is 0. The number of rotatable bonds is 4. The summed E-state index contributed by atoms with van der Waals surface area (Å²) in [6.45, 7) is 11.7. The van der Waals surface area contributed by atoms with E-state index in [-0.39, 0.29) is 5.56 Å². The van der Waals surface area contributed by atoms with E-state index in [4.69, 9.17) is 34.8 Å². The zero-order valence-electron chi connectivity index (χ0n) is 24.7. The van der Waals surface area contributed by atoms with Crippen LogP contribution in [0.25, 0.3) is 44.8 Å². The lowest BCUT2D eigenvalue weighted by Crippen LogP contribution is -2.14. The fourth-order valence-corrected chi connectivity index (χ4v) is 7.07. The van der Waals surface area contributed by atoms with Gasteiger partial charge in [-0.2, -0.15) is 10.2 Å². The first kappa shape index (κ1) is 31.9. The topological polar surface area (TPSA) is 97.3 Å². The highest BCUT2D eigenvalue weighted by Gasteiger charge is 2.22. The molecule has 4 heterocycles. The first-order chi connectivity index (χ1) is 20.9. The third-order valence-electron chi connectivity index (χ3n) is 6.82. The molecule has 12 heteroatoms. The number of H-pyrrole nitrogens is 1. The van der Waals surface area contributed by atoms with Crippen molar-refractivity contribution in [3.05, 3.63) is 105 Å². The maximum absolute atomic E-state index is 12.4. The van der Waals surface area contributed by atoms with Gasteiger partial charge in [0.1, 0.15) is 0 Å². The maximum atomic E-state index is 12.4. The van der Waals surface area contributed by atoms with Crippen molar-refractivity contribution >= 4 is 57.5 Å². The molecule has 44 heavy (non-hydrogen) atoms. The van der Waals surface area contributed by atoms with E-state index < -0.39 is 0 Å². The van der Waals surface area contributed by atoms with E-state index in [9.17, 15) is 4.79 Å². The molecule has 224 valence electrons. The summed E-state index contributed by atoms with van der Waals surface area (Å²) in [4.78, 5) is 23.7. The molecule has 0 aliphatic rings. The Kier molecular flexibility index (Phi) is 9.62. The normalized spacial score (nSPS) is 10.9. The molecule has 0 fully saturated rings. The molecule has 2 aromatic carbocycles. The lowest BCUT2D eigenvalue weighted by Gasteiger charge is -2.12. The molecule has 0 saturated carbocycles. The molecule has 0 unspecified atom stereocenters. The highest BCUT2D eigenvalue weighted by Crippen LogP contribution is 2.40. The van der Waals surface area contributed by atoms with Crippen LogP contribution in [-0.4, -0.2) is 30.4 Å². The Balaban J connectivity index is 0.000000175. The predicted octanol–water partition coefficient (Wildman–Crippen LogP) is 9.64. The fourth-order valence-electron chi connectivity index (χ4n) is 4.95. The maximum Gasteiger partial charge on any atom is 0.274 e. The monoisotopic (exact) mass is 680 g/mol. The van der Waals surface area contributed by atoms with E-state index in [0.717, 1.165) is 70.4 Å². The van der Waals surface area contributed by atoms with Crippen molar-refractivity contribution in [3.8, 4) is 44.8 Å². The standard InChI is InChI=1S/C16H13Cl2N3S.C16H14ClN3OS/c1-8-13(11-4-6-12(17)7-5-11)14(16(18)21-20-8)15-9(2)22-10(3)19-15;1-8-13(11-4-6-12(17)7-5-11)14(16(21)20-19-8)15-9(2)22-10(3)18-15/h4-7H,1-3H3;4-7H,1-3H3,(H,20,21). The van der Waals surface area contributed by atoms with Crippen LogP contribution in [0.3, 0.4) is 0 Å². The van der Waals surface area contributed by atoms with Gasteiger partial charge in [-0.15, -0.1) is 27.8 Å². The minimum atomic E-state index is -0.232. The van der Waals surface area contributed by atoms with Gasteiger partial charge in [-0.05, 0) is 76.9 Å². The van der Waals surface area contributed by atoms with E-state index in [1.165, 1.54) is 0 Å². The number of aryl methyl sites for hydroxylation is 6. The van der Waals surface area contributed by atoms with Gasteiger partial charge in [0.2, 0.25) is 0 Å². The second-order valence-corrected chi connectivity index (χ2v) is 14.0. The summed E-state index contributed by atoms with van der Waals surface area (Å²) in [5.41, 5.74) is 7.97. The van der Waals surface area contributed by atoms with Crippen molar-refractivity contribution in [3.63, 3.8) is 0 Å². The molecule has 0 atom stereocenters. The van der Waals surface area contributed by atoms with E-state index in [1.807, 2.05) is 77.9 Å². The van der Waals surface area contributed by atoms with Gasteiger partial charge in [-0.1, -0.05) is 59.1 Å². The number of hydrogen-bond acceptors (Lipinski definition) is 8. The number of nitrogens with one attached hydrogen (secondary N) is 1. The van der Waals surface area contributed by atoms with Crippen LogP contribution in [-0.2, 0) is 0 Å². The summed E-state index contributed by atoms with van der Waals surface area (Å²) in [5.74, 6) is 0. The number of aromatic nitrogens is 6. The summed E-state index contributed by atoms with van der Waals surface area (Å²) in [6, 6.07) is 15.0. The summed E-state index contributed by atoms with van der Waals surface area (Å²) < 4.78 is 0. The van der Waals surface area contributed by atoms with Gasteiger partial charge in [0, 0.05) is 30.9 Å². The van der Waals surface area contributed by atoms with Crippen molar-refractivity contribution in [2.24, 2.45) is 0 Å². The average molecular weight is 682 g/mol. The molecule has 0 saturated heterocycles. The fraction of sp³-hybridized carbons (Fsp3) is 0.188. The smallest absolute Gasteiger partial charge is 0.267 e. The van der Waals surface area contributed by atoms with E-state index in [1.54, 1.807) is 34.8 Å². The molecular formula is C32H27Cl3N6OS2. The Bertz CT molecular complexity index is 2030. The molecular weight excluding hydrogens is 655 g/mol. The van der Waals surface area contributed by atoms with Crippen LogP contribution < -0.4 is 5.56 Å². The van der Waals surface area contributed by atoms with Crippen LogP contribution in [0.4, 0.5) is 0 Å². The van der Waals surface area contributed by atoms with Crippen LogP contribution in [0.1, 0.15) is 31.2 Å². The van der Waals surface area contributed by atoms with Gasteiger partial charge >= 0.3 is 0 Å². The zero-order chi connectivity index (χ0) is 31.7. The van der Waals surface area contributed by atoms with Gasteiger partial charge in [-0.3, -0.25) is 4.79 Å². The molecule has 4 aromatic heterocycles. The van der Waals surface area contributed by atoms with Crippen molar-refractivity contribution < 1.29 is 0 Å². The van der Waals surface area contributed by atoms with Crippen LogP contribution in [0, 0.1) is 41.5 Å². The van der Waals surface area contributed by atoms with Gasteiger partial charge < -0.3 is 0 Å². The first-order valence-electron chi connectivity index (χ1n) is 13.5. The molecule has 0 aliphatic heterocycles.